The monoisotopic (exact) mass is 267 g/mol. The number of unbranched alkanes of at least 4 members (excludes halogenated alkanes) is 1. The fraction of sp³-hybridized carbons (Fsp3) is 0.571. The first-order valence-corrected chi connectivity index (χ1v) is 6.80. The number of aromatic nitrogens is 1. The third-order valence-corrected chi connectivity index (χ3v) is 3.04. The number of rotatable bonds is 7. The van der Waals surface area contributed by atoms with Gasteiger partial charge in [0.2, 0.25) is 0 Å². The van der Waals surface area contributed by atoms with Gasteiger partial charge < -0.3 is 11.1 Å². The van der Waals surface area contributed by atoms with Crippen LogP contribution in [0.5, 0.6) is 0 Å². The van der Waals surface area contributed by atoms with Gasteiger partial charge in [-0.15, -0.1) is 0 Å². The van der Waals surface area contributed by atoms with Gasteiger partial charge in [-0.1, -0.05) is 33.1 Å². The minimum absolute atomic E-state index is 0.0369. The Labute approximate surface area is 113 Å². The van der Waals surface area contributed by atoms with Gasteiger partial charge in [0.15, 0.2) is 11.6 Å². The van der Waals surface area contributed by atoms with Gasteiger partial charge in [0.1, 0.15) is 0 Å². The smallest absolute Gasteiger partial charge is 0.254 e. The fourth-order valence-electron chi connectivity index (χ4n) is 1.99. The lowest BCUT2D eigenvalue weighted by molar-refractivity contribution is 0.0928. The lowest BCUT2D eigenvalue weighted by Crippen LogP contribution is -2.35. The number of carbonyl (C=O) groups excluding carboxylic acids is 1. The Hall–Kier alpha value is -1.65. The van der Waals surface area contributed by atoms with E-state index in [-0.39, 0.29) is 17.4 Å². The molecule has 3 N–H and O–H groups in total. The standard InChI is InChI=1S/C14H22FN3O/c1-3-5-7-10(6-4-2)18-14(19)11-8-9-17-13(16)12(11)15/h8-10H,3-7H2,1-2H3,(H2,16,17)(H,18,19). The molecule has 1 amide bonds. The molecule has 1 unspecified atom stereocenters. The molecule has 1 heterocycles. The van der Waals surface area contributed by atoms with Crippen molar-refractivity contribution in [2.45, 2.75) is 52.0 Å². The first-order valence-electron chi connectivity index (χ1n) is 6.80. The number of pyridine rings is 1. The number of nitrogens with two attached hydrogens (primary N) is 1. The molecule has 0 saturated heterocycles. The summed E-state index contributed by atoms with van der Waals surface area (Å²) in [4.78, 5) is 15.6. The number of carbonyl (C=O) groups is 1. The van der Waals surface area contributed by atoms with Gasteiger partial charge in [-0.25, -0.2) is 9.37 Å². The molecule has 0 bridgehead atoms. The molecule has 106 valence electrons. The average Bonchev–Trinajstić information content (AvgIpc) is 2.39. The number of hydrogen-bond donors (Lipinski definition) is 2. The molecule has 0 fully saturated rings. The Kier molecular flexibility index (Phi) is 6.25. The van der Waals surface area contributed by atoms with Crippen LogP contribution in [0, 0.1) is 5.82 Å². The summed E-state index contributed by atoms with van der Waals surface area (Å²) in [5.41, 5.74) is 5.33. The second kappa shape index (κ2) is 7.71. The molecule has 1 rings (SSSR count). The van der Waals surface area contributed by atoms with Crippen LogP contribution in [0.1, 0.15) is 56.3 Å². The van der Waals surface area contributed by atoms with Crippen LogP contribution >= 0.6 is 0 Å². The maximum atomic E-state index is 13.7. The van der Waals surface area contributed by atoms with Gasteiger partial charge in [-0.05, 0) is 18.9 Å². The lowest BCUT2D eigenvalue weighted by atomic mass is 10.0. The molecule has 1 aromatic heterocycles. The van der Waals surface area contributed by atoms with Crippen molar-refractivity contribution in [2.24, 2.45) is 0 Å². The van der Waals surface area contributed by atoms with E-state index in [0.29, 0.717) is 0 Å². The van der Waals surface area contributed by atoms with Crippen LogP contribution in [0.3, 0.4) is 0 Å². The summed E-state index contributed by atoms with van der Waals surface area (Å²) in [6.45, 7) is 4.17. The van der Waals surface area contributed by atoms with E-state index in [9.17, 15) is 9.18 Å². The van der Waals surface area contributed by atoms with Crippen LogP contribution in [0.15, 0.2) is 12.3 Å². The number of nitrogens with one attached hydrogen (secondary N) is 1. The fourth-order valence-corrected chi connectivity index (χ4v) is 1.99. The van der Waals surface area contributed by atoms with E-state index in [1.54, 1.807) is 0 Å². The predicted octanol–water partition coefficient (Wildman–Crippen LogP) is 2.89. The zero-order chi connectivity index (χ0) is 14.3. The van der Waals surface area contributed by atoms with Crippen molar-refractivity contribution in [3.8, 4) is 0 Å². The Bertz CT molecular complexity index is 423. The number of anilines is 1. The third-order valence-electron chi connectivity index (χ3n) is 3.04. The van der Waals surface area contributed by atoms with Crippen molar-refractivity contribution in [1.29, 1.82) is 0 Å². The van der Waals surface area contributed by atoms with Crippen molar-refractivity contribution < 1.29 is 9.18 Å². The predicted molar refractivity (Wildman–Crippen MR) is 74.3 cm³/mol. The van der Waals surface area contributed by atoms with Crippen LogP contribution < -0.4 is 11.1 Å². The quantitative estimate of drug-likeness (QED) is 0.798. The molecule has 0 aromatic carbocycles. The van der Waals surface area contributed by atoms with Crippen LogP contribution in [0.4, 0.5) is 10.2 Å². The number of nitrogen functional groups attached to an aromatic ring is 1. The summed E-state index contributed by atoms with van der Waals surface area (Å²) in [5, 5.41) is 2.87. The highest BCUT2D eigenvalue weighted by atomic mass is 19.1. The number of hydrogen-bond acceptors (Lipinski definition) is 3. The van der Waals surface area contributed by atoms with Crippen molar-refractivity contribution >= 4 is 11.7 Å². The van der Waals surface area contributed by atoms with E-state index >= 15 is 0 Å². The van der Waals surface area contributed by atoms with Crippen molar-refractivity contribution in [2.75, 3.05) is 5.73 Å². The number of amides is 1. The van der Waals surface area contributed by atoms with Gasteiger partial charge in [0, 0.05) is 12.2 Å². The van der Waals surface area contributed by atoms with Crippen LogP contribution in [0.2, 0.25) is 0 Å². The zero-order valence-electron chi connectivity index (χ0n) is 11.6. The minimum atomic E-state index is -0.745. The summed E-state index contributed by atoms with van der Waals surface area (Å²) in [6.07, 6.45) is 6.26. The summed E-state index contributed by atoms with van der Waals surface area (Å²) >= 11 is 0. The van der Waals surface area contributed by atoms with Crippen molar-refractivity contribution in [1.82, 2.24) is 10.3 Å². The summed E-state index contributed by atoms with van der Waals surface area (Å²) in [5.74, 6) is -1.40. The van der Waals surface area contributed by atoms with Crippen molar-refractivity contribution in [3.05, 3.63) is 23.6 Å². The molecular weight excluding hydrogens is 245 g/mol. The summed E-state index contributed by atoms with van der Waals surface area (Å²) < 4.78 is 13.7. The molecule has 19 heavy (non-hydrogen) atoms. The van der Waals surface area contributed by atoms with Crippen LogP contribution in [-0.2, 0) is 0 Å². The van der Waals surface area contributed by atoms with E-state index in [2.05, 4.69) is 24.1 Å². The second-order valence-electron chi connectivity index (χ2n) is 4.66. The van der Waals surface area contributed by atoms with Crippen molar-refractivity contribution in [3.63, 3.8) is 0 Å². The Balaban J connectivity index is 2.72. The zero-order valence-corrected chi connectivity index (χ0v) is 11.6. The van der Waals surface area contributed by atoms with E-state index in [0.717, 1.165) is 32.1 Å². The number of nitrogens with zero attached hydrogens (tertiary/aromatic N) is 1. The molecule has 0 spiro atoms. The first-order chi connectivity index (χ1) is 9.10. The summed E-state index contributed by atoms with van der Waals surface area (Å²) in [6, 6.07) is 1.44. The molecule has 5 heteroatoms. The molecule has 0 saturated carbocycles. The average molecular weight is 267 g/mol. The molecule has 0 aliphatic carbocycles. The molecule has 4 nitrogen and oxygen atoms in total. The molecule has 0 aliphatic heterocycles. The lowest BCUT2D eigenvalue weighted by Gasteiger charge is -2.18. The topological polar surface area (TPSA) is 68.0 Å². The van der Waals surface area contributed by atoms with Gasteiger partial charge in [0.05, 0.1) is 5.56 Å². The Morgan fingerprint density at radius 3 is 2.79 bits per heavy atom. The normalized spacial score (nSPS) is 12.2. The Morgan fingerprint density at radius 2 is 2.16 bits per heavy atom. The highest BCUT2D eigenvalue weighted by Crippen LogP contribution is 2.13. The van der Waals surface area contributed by atoms with E-state index in [1.165, 1.54) is 12.3 Å². The van der Waals surface area contributed by atoms with Gasteiger partial charge in [0.25, 0.3) is 5.91 Å². The Morgan fingerprint density at radius 1 is 1.42 bits per heavy atom. The minimum Gasteiger partial charge on any atom is -0.381 e. The van der Waals surface area contributed by atoms with Gasteiger partial charge in [-0.3, -0.25) is 4.79 Å². The van der Waals surface area contributed by atoms with E-state index in [4.69, 9.17) is 5.73 Å². The highest BCUT2D eigenvalue weighted by molar-refractivity contribution is 5.95. The molecule has 0 aliphatic rings. The van der Waals surface area contributed by atoms with E-state index < -0.39 is 11.7 Å². The van der Waals surface area contributed by atoms with Gasteiger partial charge >= 0.3 is 0 Å². The summed E-state index contributed by atoms with van der Waals surface area (Å²) in [7, 11) is 0. The van der Waals surface area contributed by atoms with Crippen LogP contribution in [-0.4, -0.2) is 16.9 Å². The largest absolute Gasteiger partial charge is 0.381 e. The SMILES string of the molecule is CCCCC(CCC)NC(=O)c1ccnc(N)c1F. The maximum absolute atomic E-state index is 13.7. The molecule has 1 atom stereocenters. The highest BCUT2D eigenvalue weighted by Gasteiger charge is 2.17. The molecule has 1 aromatic rings. The molecular formula is C14H22FN3O. The van der Waals surface area contributed by atoms with Crippen LogP contribution in [0.25, 0.3) is 0 Å². The third kappa shape index (κ3) is 4.50. The van der Waals surface area contributed by atoms with Gasteiger partial charge in [-0.2, -0.15) is 0 Å². The molecule has 0 radical (unpaired) electrons. The first kappa shape index (κ1) is 15.4. The second-order valence-corrected chi connectivity index (χ2v) is 4.66. The maximum Gasteiger partial charge on any atom is 0.254 e. The van der Waals surface area contributed by atoms with E-state index in [1.807, 2.05) is 0 Å². The number of halogens is 1.